The van der Waals surface area contributed by atoms with E-state index in [1.807, 2.05) is 6.92 Å². The standard InChI is InChI=1S/C6H14O3.Ti/c1-2-3-5(8)6(9)4-7;/h5-9H,2-4H2,1H3;. The van der Waals surface area contributed by atoms with Crippen LogP contribution in [0.15, 0.2) is 0 Å². The minimum atomic E-state index is -0.968. The molecule has 0 saturated heterocycles. The third-order valence-electron chi connectivity index (χ3n) is 1.22. The van der Waals surface area contributed by atoms with Crippen LogP contribution in [0.25, 0.3) is 0 Å². The summed E-state index contributed by atoms with van der Waals surface area (Å²) < 4.78 is 0. The number of aliphatic hydroxyl groups is 3. The van der Waals surface area contributed by atoms with Crippen LogP contribution in [-0.2, 0) is 21.7 Å². The maximum Gasteiger partial charge on any atom is 0.103 e. The van der Waals surface area contributed by atoms with Gasteiger partial charge in [0.1, 0.15) is 6.10 Å². The van der Waals surface area contributed by atoms with Gasteiger partial charge in [-0.2, -0.15) is 0 Å². The van der Waals surface area contributed by atoms with E-state index in [9.17, 15) is 0 Å². The molecule has 0 aliphatic rings. The monoisotopic (exact) mass is 182 g/mol. The first-order chi connectivity index (χ1) is 4.22. The van der Waals surface area contributed by atoms with Gasteiger partial charge in [-0.15, -0.1) is 0 Å². The molecule has 0 fully saturated rings. The first-order valence-corrected chi connectivity index (χ1v) is 3.19. The minimum Gasteiger partial charge on any atom is -0.394 e. The predicted molar refractivity (Wildman–Crippen MR) is 34.0 cm³/mol. The van der Waals surface area contributed by atoms with Crippen molar-refractivity contribution < 1.29 is 37.0 Å². The third-order valence-corrected chi connectivity index (χ3v) is 1.22. The van der Waals surface area contributed by atoms with Crippen LogP contribution in [-0.4, -0.2) is 34.1 Å². The molecule has 3 N–H and O–H groups in total. The summed E-state index contributed by atoms with van der Waals surface area (Å²) in [5.41, 5.74) is 0. The largest absolute Gasteiger partial charge is 0.394 e. The molecule has 0 saturated carbocycles. The quantitative estimate of drug-likeness (QED) is 0.513. The van der Waals surface area contributed by atoms with E-state index >= 15 is 0 Å². The Kier molecular flexibility index (Phi) is 10.2. The van der Waals surface area contributed by atoms with Crippen LogP contribution in [0.4, 0.5) is 0 Å². The fraction of sp³-hybridized carbons (Fsp3) is 1.00. The molecule has 60 valence electrons. The molecule has 0 aliphatic carbocycles. The molecular weight excluding hydrogens is 168 g/mol. The molecule has 0 radical (unpaired) electrons. The summed E-state index contributed by atoms with van der Waals surface area (Å²) in [6, 6.07) is 0. The van der Waals surface area contributed by atoms with Gasteiger partial charge in [-0.1, -0.05) is 13.3 Å². The molecule has 0 rings (SSSR count). The van der Waals surface area contributed by atoms with Crippen LogP contribution in [0.3, 0.4) is 0 Å². The molecule has 2 unspecified atom stereocenters. The number of hydrogen-bond acceptors (Lipinski definition) is 3. The van der Waals surface area contributed by atoms with Crippen molar-refractivity contribution in [3.8, 4) is 0 Å². The first kappa shape index (κ1) is 13.2. The Morgan fingerprint density at radius 1 is 1.20 bits per heavy atom. The second-order valence-electron chi connectivity index (χ2n) is 2.11. The van der Waals surface area contributed by atoms with Crippen molar-refractivity contribution in [3.05, 3.63) is 0 Å². The van der Waals surface area contributed by atoms with Gasteiger partial charge in [0.25, 0.3) is 0 Å². The topological polar surface area (TPSA) is 60.7 Å². The Bertz CT molecular complexity index is 70.0. The second-order valence-corrected chi connectivity index (χ2v) is 2.11. The molecule has 0 spiro atoms. The molecule has 0 bridgehead atoms. The minimum absolute atomic E-state index is 0. The van der Waals surface area contributed by atoms with Crippen LogP contribution in [0, 0.1) is 0 Å². The predicted octanol–water partition coefficient (Wildman–Crippen LogP) is -0.502. The summed E-state index contributed by atoms with van der Waals surface area (Å²) in [5.74, 6) is 0. The zero-order chi connectivity index (χ0) is 7.28. The molecule has 0 aromatic carbocycles. The first-order valence-electron chi connectivity index (χ1n) is 3.19. The summed E-state index contributed by atoms with van der Waals surface area (Å²) in [6.07, 6.45) is -0.370. The molecule has 10 heavy (non-hydrogen) atoms. The summed E-state index contributed by atoms with van der Waals surface area (Å²) >= 11 is 0. The Hall–Kier alpha value is 0.594. The number of aliphatic hydroxyl groups excluding tert-OH is 3. The molecule has 0 aromatic heterocycles. The second kappa shape index (κ2) is 7.70. The van der Waals surface area contributed by atoms with E-state index in [0.29, 0.717) is 6.42 Å². The van der Waals surface area contributed by atoms with E-state index in [1.54, 1.807) is 0 Å². The molecule has 0 aliphatic heterocycles. The van der Waals surface area contributed by atoms with Crippen molar-refractivity contribution in [1.29, 1.82) is 0 Å². The van der Waals surface area contributed by atoms with E-state index in [2.05, 4.69) is 0 Å². The van der Waals surface area contributed by atoms with Crippen molar-refractivity contribution in [1.82, 2.24) is 0 Å². The molecule has 4 heteroatoms. The average molecular weight is 182 g/mol. The van der Waals surface area contributed by atoms with Gasteiger partial charge in [-0.3, -0.25) is 0 Å². The van der Waals surface area contributed by atoms with E-state index in [4.69, 9.17) is 15.3 Å². The van der Waals surface area contributed by atoms with Gasteiger partial charge >= 0.3 is 0 Å². The van der Waals surface area contributed by atoms with E-state index in [0.717, 1.165) is 6.42 Å². The molecular formula is C6H14O3Ti. The van der Waals surface area contributed by atoms with Crippen molar-refractivity contribution in [3.63, 3.8) is 0 Å². The Morgan fingerprint density at radius 3 is 2.00 bits per heavy atom. The van der Waals surface area contributed by atoms with E-state index in [1.165, 1.54) is 0 Å². The van der Waals surface area contributed by atoms with E-state index < -0.39 is 12.2 Å². The van der Waals surface area contributed by atoms with Gasteiger partial charge in [0.05, 0.1) is 12.7 Å². The van der Waals surface area contributed by atoms with Crippen molar-refractivity contribution in [2.75, 3.05) is 6.61 Å². The Morgan fingerprint density at radius 2 is 1.70 bits per heavy atom. The normalized spacial score (nSPS) is 15.6. The van der Waals surface area contributed by atoms with Crippen LogP contribution in [0.1, 0.15) is 19.8 Å². The number of hydrogen-bond donors (Lipinski definition) is 3. The third kappa shape index (κ3) is 5.38. The zero-order valence-electron chi connectivity index (χ0n) is 6.12. The fourth-order valence-corrected chi connectivity index (χ4v) is 0.610. The van der Waals surface area contributed by atoms with Gasteiger partial charge in [0.15, 0.2) is 0 Å². The average Bonchev–Trinajstić information content (AvgIpc) is 1.87. The Labute approximate surface area is 76.0 Å². The van der Waals surface area contributed by atoms with Crippen molar-refractivity contribution in [2.24, 2.45) is 0 Å². The molecule has 2 atom stereocenters. The molecule has 0 heterocycles. The van der Waals surface area contributed by atoms with Gasteiger partial charge in [-0.05, 0) is 6.42 Å². The fourth-order valence-electron chi connectivity index (χ4n) is 0.610. The molecule has 0 amide bonds. The van der Waals surface area contributed by atoms with Gasteiger partial charge in [0, 0.05) is 21.7 Å². The van der Waals surface area contributed by atoms with Gasteiger partial charge < -0.3 is 15.3 Å². The smallest absolute Gasteiger partial charge is 0.103 e. The summed E-state index contributed by atoms with van der Waals surface area (Å²) in [5, 5.41) is 26.0. The van der Waals surface area contributed by atoms with Crippen LogP contribution in [0.2, 0.25) is 0 Å². The van der Waals surface area contributed by atoms with Crippen molar-refractivity contribution >= 4 is 0 Å². The summed E-state index contributed by atoms with van der Waals surface area (Å²) in [4.78, 5) is 0. The van der Waals surface area contributed by atoms with Gasteiger partial charge in [0.2, 0.25) is 0 Å². The summed E-state index contributed by atoms with van der Waals surface area (Å²) in [7, 11) is 0. The van der Waals surface area contributed by atoms with Crippen LogP contribution < -0.4 is 0 Å². The van der Waals surface area contributed by atoms with E-state index in [-0.39, 0.29) is 28.3 Å². The summed E-state index contributed by atoms with van der Waals surface area (Å²) in [6.45, 7) is 1.55. The molecule has 0 aromatic rings. The zero-order valence-corrected chi connectivity index (χ0v) is 7.68. The SMILES string of the molecule is CCCC(O)C(O)CO.[Ti]. The van der Waals surface area contributed by atoms with Crippen LogP contribution >= 0.6 is 0 Å². The Balaban J connectivity index is 0. The molecule has 3 nitrogen and oxygen atoms in total. The maximum atomic E-state index is 8.91. The number of rotatable bonds is 4. The van der Waals surface area contributed by atoms with Crippen molar-refractivity contribution in [2.45, 2.75) is 32.0 Å². The maximum absolute atomic E-state index is 8.91. The van der Waals surface area contributed by atoms with Gasteiger partial charge in [-0.25, -0.2) is 0 Å². The van der Waals surface area contributed by atoms with Crippen LogP contribution in [0.5, 0.6) is 0 Å².